The Labute approximate surface area is 334 Å². The number of hydrogen-bond donors (Lipinski definition) is 2. The number of nitrogens with one attached hydrogen (secondary N) is 1. The number of aryl methyl sites for hydroxylation is 2. The molecule has 3 N–H and O–H groups in total. The zero-order valence-corrected chi connectivity index (χ0v) is 34.1. The number of nitrogen functional groups attached to an aromatic ring is 1. The van der Waals surface area contributed by atoms with E-state index >= 15 is 0 Å². The molecule has 10 nitrogen and oxygen atoms in total. The van der Waals surface area contributed by atoms with E-state index in [-0.39, 0.29) is 10.8 Å². The predicted molar refractivity (Wildman–Crippen MR) is 225 cm³/mol. The summed E-state index contributed by atoms with van der Waals surface area (Å²) in [6.07, 6.45) is 2.40. The molecule has 292 valence electrons. The van der Waals surface area contributed by atoms with Gasteiger partial charge in [0.1, 0.15) is 23.1 Å². The molecule has 0 saturated carbocycles. The van der Waals surface area contributed by atoms with Gasteiger partial charge in [0.25, 0.3) is 0 Å². The number of benzene rings is 4. The molecule has 2 heterocycles. The van der Waals surface area contributed by atoms with E-state index in [9.17, 15) is 9.59 Å². The molecule has 7 rings (SSSR count). The van der Waals surface area contributed by atoms with Crippen molar-refractivity contribution in [2.45, 2.75) is 85.5 Å². The van der Waals surface area contributed by atoms with Crippen molar-refractivity contribution in [1.29, 1.82) is 0 Å². The van der Waals surface area contributed by atoms with Crippen molar-refractivity contribution in [2.75, 3.05) is 11.1 Å². The van der Waals surface area contributed by atoms with Gasteiger partial charge in [0.15, 0.2) is 0 Å². The van der Waals surface area contributed by atoms with Crippen molar-refractivity contribution in [3.63, 3.8) is 0 Å². The van der Waals surface area contributed by atoms with Crippen LogP contribution in [0.5, 0.6) is 11.5 Å². The summed E-state index contributed by atoms with van der Waals surface area (Å²) >= 11 is 4.95. The fourth-order valence-electron chi connectivity index (χ4n) is 6.38. The molecule has 0 aliphatic heterocycles. The first-order chi connectivity index (χ1) is 26.6. The van der Waals surface area contributed by atoms with Gasteiger partial charge in [-0.2, -0.15) is 10.2 Å². The number of nitrogens with zero attached hydrogens (tertiary/aromatic N) is 4. The van der Waals surface area contributed by atoms with Gasteiger partial charge >= 0.3 is 11.5 Å². The van der Waals surface area contributed by atoms with Gasteiger partial charge in [-0.25, -0.2) is 19.0 Å². The number of halogens is 1. The molecule has 4 aromatic carbocycles. The lowest BCUT2D eigenvalue weighted by molar-refractivity contribution is 0.215. The zero-order valence-electron chi connectivity index (χ0n) is 33.4. The molecular weight excluding hydrogens is 724 g/mol. The number of rotatable bonds is 6. The molecule has 0 fully saturated rings. The van der Waals surface area contributed by atoms with Crippen LogP contribution >= 0.6 is 11.6 Å². The van der Waals surface area contributed by atoms with Gasteiger partial charge in [0.2, 0.25) is 0 Å². The Morgan fingerprint density at radius 1 is 0.786 bits per heavy atom. The van der Waals surface area contributed by atoms with Gasteiger partial charge in [-0.3, -0.25) is 5.32 Å². The van der Waals surface area contributed by atoms with Gasteiger partial charge in [0, 0.05) is 33.6 Å². The van der Waals surface area contributed by atoms with Crippen LogP contribution in [-0.2, 0) is 23.7 Å². The number of carbonyl (C=O) groups excluding carboxylic acids is 2. The Kier molecular flexibility index (Phi) is 13.1. The van der Waals surface area contributed by atoms with E-state index in [2.05, 4.69) is 82.8 Å². The summed E-state index contributed by atoms with van der Waals surface area (Å²) in [5.74, 6) is 2.41. The molecule has 0 radical (unpaired) electrons. The smallest absolute Gasteiger partial charge is 0.415 e. The predicted octanol–water partition coefficient (Wildman–Crippen LogP) is 11.1. The Balaban J connectivity index is 0.000000182. The molecule has 56 heavy (non-hydrogen) atoms. The SMILES string of the molecule is CCc1c(C(C)(C)C)nn(-c2ccc(C)cc2)c1NC(=O)Oc1ccccc1.Cc1ccc(-n2nc3c(c2N)CCC3(C)C)cc1.O=C(Cl)Oc1ccccc1. The van der Waals surface area contributed by atoms with Crippen LogP contribution in [0.1, 0.15) is 81.6 Å². The molecule has 0 bridgehead atoms. The highest BCUT2D eigenvalue weighted by Crippen LogP contribution is 2.41. The summed E-state index contributed by atoms with van der Waals surface area (Å²) in [5.41, 5.74) is 14.2. The number of ether oxygens (including phenoxy) is 2. The van der Waals surface area contributed by atoms with E-state index in [1.165, 1.54) is 22.4 Å². The van der Waals surface area contributed by atoms with Crippen LogP contribution in [0.4, 0.5) is 21.2 Å². The van der Waals surface area contributed by atoms with Gasteiger partial charge in [-0.05, 0) is 81.6 Å². The summed E-state index contributed by atoms with van der Waals surface area (Å²) in [5, 5.41) is 12.5. The molecule has 1 amide bonds. The highest BCUT2D eigenvalue weighted by atomic mass is 35.5. The maximum absolute atomic E-state index is 12.6. The topological polar surface area (TPSA) is 126 Å². The molecule has 1 aliphatic rings. The van der Waals surface area contributed by atoms with Gasteiger partial charge in [-0.1, -0.05) is 113 Å². The fraction of sp³-hybridized carbons (Fsp3) is 0.289. The first-order valence-electron chi connectivity index (χ1n) is 18.7. The lowest BCUT2D eigenvalue weighted by atomic mass is 9.88. The monoisotopic (exact) mass is 774 g/mol. The second-order valence-electron chi connectivity index (χ2n) is 15.4. The van der Waals surface area contributed by atoms with Crippen LogP contribution in [0.2, 0.25) is 0 Å². The number of anilines is 2. The summed E-state index contributed by atoms with van der Waals surface area (Å²) in [6.45, 7) is 17.1. The van der Waals surface area contributed by atoms with Gasteiger partial charge in [0.05, 0.1) is 22.8 Å². The molecule has 0 atom stereocenters. The number of nitrogens with two attached hydrogens (primary N) is 1. The molecular formula is C45H51ClN6O4. The van der Waals surface area contributed by atoms with Crippen molar-refractivity contribution in [1.82, 2.24) is 19.6 Å². The highest BCUT2D eigenvalue weighted by molar-refractivity contribution is 6.61. The van der Waals surface area contributed by atoms with Gasteiger partial charge in [-0.15, -0.1) is 0 Å². The normalized spacial score (nSPS) is 12.7. The number of hydrogen-bond acceptors (Lipinski definition) is 7. The molecule has 2 aromatic heterocycles. The van der Waals surface area contributed by atoms with E-state index in [1.807, 2.05) is 60.1 Å². The Morgan fingerprint density at radius 2 is 1.29 bits per heavy atom. The molecule has 11 heteroatoms. The van der Waals surface area contributed by atoms with Crippen molar-refractivity contribution in [3.8, 4) is 22.9 Å². The molecule has 0 saturated heterocycles. The summed E-state index contributed by atoms with van der Waals surface area (Å²) in [6, 6.07) is 34.1. The van der Waals surface area contributed by atoms with Crippen LogP contribution in [0, 0.1) is 13.8 Å². The number of amides is 1. The third kappa shape index (κ3) is 10.2. The Bertz CT molecular complexity index is 2240. The molecule has 0 spiro atoms. The maximum atomic E-state index is 12.6. The highest BCUT2D eigenvalue weighted by Gasteiger charge is 2.35. The number of carbonyl (C=O) groups is 2. The molecule has 0 unspecified atom stereocenters. The van der Waals surface area contributed by atoms with Gasteiger partial charge < -0.3 is 15.2 Å². The minimum atomic E-state index is -0.814. The first kappa shape index (κ1) is 41.3. The minimum Gasteiger partial charge on any atom is -0.415 e. The quantitative estimate of drug-likeness (QED) is 0.161. The van der Waals surface area contributed by atoms with Crippen LogP contribution in [-0.4, -0.2) is 31.1 Å². The largest absolute Gasteiger partial charge is 0.418 e. The molecule has 1 aliphatic carbocycles. The summed E-state index contributed by atoms with van der Waals surface area (Å²) in [7, 11) is 0. The fourth-order valence-corrected chi connectivity index (χ4v) is 6.47. The third-order valence-electron chi connectivity index (χ3n) is 9.38. The van der Waals surface area contributed by atoms with Crippen molar-refractivity contribution < 1.29 is 19.1 Å². The Morgan fingerprint density at radius 3 is 1.75 bits per heavy atom. The van der Waals surface area contributed by atoms with Crippen LogP contribution in [0.25, 0.3) is 11.4 Å². The van der Waals surface area contributed by atoms with Crippen LogP contribution in [0.15, 0.2) is 109 Å². The standard InChI is InChI=1S/C23H27N3O2.C15H19N3.C7H5ClO2/c1-6-19-20(23(3,4)5)25-26(17-14-12-16(2)13-15-17)21(19)24-22(27)28-18-10-8-7-9-11-18;1-10-4-6-11(7-5-10)18-14(16)12-8-9-15(2,3)13(12)17-18;8-7(9)10-6-4-2-1-3-5-6/h7-15H,6H2,1-5H3,(H,24,27);4-7H,8-9,16H2,1-3H3;1-5H. The first-order valence-corrected chi connectivity index (χ1v) is 19.1. The average molecular weight is 775 g/mol. The molecule has 6 aromatic rings. The van der Waals surface area contributed by atoms with Crippen molar-refractivity contribution in [3.05, 3.63) is 143 Å². The average Bonchev–Trinajstić information content (AvgIpc) is 3.80. The van der Waals surface area contributed by atoms with Crippen LogP contribution < -0.4 is 20.5 Å². The van der Waals surface area contributed by atoms with E-state index in [4.69, 9.17) is 32.3 Å². The lowest BCUT2D eigenvalue weighted by Gasteiger charge is -2.17. The number of fused-ring (bicyclic) bond motifs is 1. The minimum absolute atomic E-state index is 0.152. The number of aromatic nitrogens is 4. The van der Waals surface area contributed by atoms with Crippen molar-refractivity contribution in [2.24, 2.45) is 0 Å². The third-order valence-corrected chi connectivity index (χ3v) is 9.46. The number of para-hydroxylation sites is 2. The maximum Gasteiger partial charge on any atom is 0.418 e. The Hall–Kier alpha value is -5.87. The van der Waals surface area contributed by atoms with E-state index in [1.54, 1.807) is 41.1 Å². The van der Waals surface area contributed by atoms with E-state index in [0.717, 1.165) is 47.7 Å². The van der Waals surface area contributed by atoms with Crippen molar-refractivity contribution >= 4 is 34.8 Å². The zero-order chi connectivity index (χ0) is 40.6. The second kappa shape index (κ2) is 17.7. The summed E-state index contributed by atoms with van der Waals surface area (Å²) < 4.78 is 13.6. The van der Waals surface area contributed by atoms with E-state index in [0.29, 0.717) is 17.3 Å². The summed E-state index contributed by atoms with van der Waals surface area (Å²) in [4.78, 5) is 22.7. The second-order valence-corrected chi connectivity index (χ2v) is 15.7. The van der Waals surface area contributed by atoms with Crippen LogP contribution in [0.3, 0.4) is 0 Å². The lowest BCUT2D eigenvalue weighted by Crippen LogP contribution is -2.20. The van der Waals surface area contributed by atoms with E-state index < -0.39 is 11.5 Å².